The van der Waals surface area contributed by atoms with Gasteiger partial charge in [0.1, 0.15) is 0 Å². The monoisotopic (exact) mass is 388 g/mol. The lowest BCUT2D eigenvalue weighted by atomic mass is 10.1. The zero-order valence-electron chi connectivity index (χ0n) is 16.6. The molecule has 1 amide bonds. The van der Waals surface area contributed by atoms with Crippen LogP contribution >= 0.6 is 0 Å². The summed E-state index contributed by atoms with van der Waals surface area (Å²) < 4.78 is 10.5. The van der Waals surface area contributed by atoms with Crippen LogP contribution in [0.1, 0.15) is 21.5 Å². The van der Waals surface area contributed by atoms with E-state index >= 15 is 0 Å². The molecular formula is C24H24N2O3. The predicted molar refractivity (Wildman–Crippen MR) is 115 cm³/mol. The number of amides is 1. The second-order valence-corrected chi connectivity index (χ2v) is 7.02. The largest absolute Gasteiger partial charge is 0.493 e. The molecule has 0 aromatic heterocycles. The van der Waals surface area contributed by atoms with Gasteiger partial charge in [0, 0.05) is 36.1 Å². The van der Waals surface area contributed by atoms with Crippen LogP contribution in [-0.2, 0) is 13.0 Å². The summed E-state index contributed by atoms with van der Waals surface area (Å²) >= 11 is 0. The van der Waals surface area contributed by atoms with E-state index in [1.807, 2.05) is 24.3 Å². The molecule has 0 unspecified atom stereocenters. The number of nitrogens with one attached hydrogen (secondary N) is 1. The van der Waals surface area contributed by atoms with Crippen LogP contribution in [0.5, 0.6) is 11.5 Å². The zero-order chi connectivity index (χ0) is 20.2. The highest BCUT2D eigenvalue weighted by Gasteiger charge is 2.18. The minimum Gasteiger partial charge on any atom is -0.493 e. The van der Waals surface area contributed by atoms with Crippen molar-refractivity contribution in [1.82, 2.24) is 0 Å². The Morgan fingerprint density at radius 1 is 0.966 bits per heavy atom. The highest BCUT2D eigenvalue weighted by Crippen LogP contribution is 2.30. The SMILES string of the molecule is COc1ccc(NC(=O)c2ccc(CN3CCc4ccccc43)cc2)cc1OC. The maximum absolute atomic E-state index is 12.6. The number of nitrogens with zero attached hydrogens (tertiary/aromatic N) is 1. The molecule has 3 aromatic rings. The Morgan fingerprint density at radius 2 is 1.72 bits per heavy atom. The first-order valence-electron chi connectivity index (χ1n) is 9.63. The average molecular weight is 388 g/mol. The third kappa shape index (κ3) is 4.04. The van der Waals surface area contributed by atoms with Crippen molar-refractivity contribution in [1.29, 1.82) is 0 Å². The number of ether oxygens (including phenoxy) is 2. The fourth-order valence-electron chi connectivity index (χ4n) is 3.67. The van der Waals surface area contributed by atoms with Crippen molar-refractivity contribution in [3.05, 3.63) is 83.4 Å². The van der Waals surface area contributed by atoms with Crippen LogP contribution in [0.15, 0.2) is 66.7 Å². The number of benzene rings is 3. The lowest BCUT2D eigenvalue weighted by molar-refractivity contribution is 0.102. The van der Waals surface area contributed by atoms with Gasteiger partial charge in [-0.05, 0) is 47.9 Å². The summed E-state index contributed by atoms with van der Waals surface area (Å²) in [5.41, 5.74) is 5.17. The molecule has 5 heteroatoms. The summed E-state index contributed by atoms with van der Waals surface area (Å²) in [6.45, 7) is 1.87. The molecule has 0 bridgehead atoms. The van der Waals surface area contributed by atoms with Gasteiger partial charge in [-0.25, -0.2) is 0 Å². The number of carbonyl (C=O) groups is 1. The zero-order valence-corrected chi connectivity index (χ0v) is 16.6. The number of carbonyl (C=O) groups excluding carboxylic acids is 1. The molecule has 1 heterocycles. The van der Waals surface area contributed by atoms with Crippen LogP contribution in [0.4, 0.5) is 11.4 Å². The Kier molecular flexibility index (Phi) is 5.38. The quantitative estimate of drug-likeness (QED) is 0.675. The van der Waals surface area contributed by atoms with Crippen LogP contribution in [0, 0.1) is 0 Å². The maximum Gasteiger partial charge on any atom is 0.255 e. The van der Waals surface area contributed by atoms with E-state index in [1.165, 1.54) is 16.8 Å². The molecule has 148 valence electrons. The Balaban J connectivity index is 1.42. The van der Waals surface area contributed by atoms with E-state index in [-0.39, 0.29) is 5.91 Å². The van der Waals surface area contributed by atoms with Gasteiger partial charge in [0.25, 0.3) is 5.91 Å². The van der Waals surface area contributed by atoms with Crippen molar-refractivity contribution in [3.63, 3.8) is 0 Å². The molecule has 5 nitrogen and oxygen atoms in total. The Bertz CT molecular complexity index is 1010. The summed E-state index contributed by atoms with van der Waals surface area (Å²) in [6.07, 6.45) is 1.09. The molecule has 0 aliphatic carbocycles. The predicted octanol–water partition coefficient (Wildman–Crippen LogP) is 4.52. The number of hydrogen-bond donors (Lipinski definition) is 1. The van der Waals surface area contributed by atoms with Crippen molar-refractivity contribution in [2.24, 2.45) is 0 Å². The number of para-hydroxylation sites is 1. The van der Waals surface area contributed by atoms with E-state index in [4.69, 9.17) is 9.47 Å². The van der Waals surface area contributed by atoms with Crippen LogP contribution in [0.3, 0.4) is 0 Å². The Morgan fingerprint density at radius 3 is 2.48 bits per heavy atom. The molecule has 0 radical (unpaired) electrons. The molecule has 0 fully saturated rings. The number of anilines is 2. The van der Waals surface area contributed by atoms with E-state index in [0.29, 0.717) is 22.7 Å². The van der Waals surface area contributed by atoms with Gasteiger partial charge in [-0.3, -0.25) is 4.79 Å². The van der Waals surface area contributed by atoms with E-state index in [9.17, 15) is 4.79 Å². The van der Waals surface area contributed by atoms with Crippen LogP contribution in [0.2, 0.25) is 0 Å². The molecule has 0 saturated carbocycles. The number of rotatable bonds is 6. The number of fused-ring (bicyclic) bond motifs is 1. The molecule has 4 rings (SSSR count). The standard InChI is InChI=1S/C24H24N2O3/c1-28-22-12-11-20(15-23(22)29-2)25-24(27)19-9-7-17(8-10-19)16-26-14-13-18-5-3-4-6-21(18)26/h3-12,15H,13-14,16H2,1-2H3,(H,25,27). The van der Waals surface area contributed by atoms with E-state index in [2.05, 4.69) is 34.5 Å². The summed E-state index contributed by atoms with van der Waals surface area (Å²) in [5, 5.41) is 2.90. The van der Waals surface area contributed by atoms with Gasteiger partial charge in [0.05, 0.1) is 14.2 Å². The Labute approximate surface area is 170 Å². The summed E-state index contributed by atoms with van der Waals surface area (Å²) in [5.74, 6) is 1.04. The second-order valence-electron chi connectivity index (χ2n) is 7.02. The van der Waals surface area contributed by atoms with Crippen molar-refractivity contribution in [3.8, 4) is 11.5 Å². The van der Waals surface area contributed by atoms with E-state index in [0.717, 1.165) is 19.5 Å². The molecule has 1 aliphatic rings. The van der Waals surface area contributed by atoms with Gasteiger partial charge in [-0.15, -0.1) is 0 Å². The fraction of sp³-hybridized carbons (Fsp3) is 0.208. The molecule has 0 atom stereocenters. The lowest BCUT2D eigenvalue weighted by Crippen LogP contribution is -2.19. The second kappa shape index (κ2) is 8.27. The summed E-state index contributed by atoms with van der Waals surface area (Å²) in [6, 6.07) is 21.6. The summed E-state index contributed by atoms with van der Waals surface area (Å²) in [7, 11) is 3.15. The molecule has 29 heavy (non-hydrogen) atoms. The lowest BCUT2D eigenvalue weighted by Gasteiger charge is -2.19. The normalized spacial score (nSPS) is 12.4. The minimum atomic E-state index is -0.157. The maximum atomic E-state index is 12.6. The first-order valence-corrected chi connectivity index (χ1v) is 9.63. The first kappa shape index (κ1) is 18.9. The van der Waals surface area contributed by atoms with Gasteiger partial charge in [-0.2, -0.15) is 0 Å². The van der Waals surface area contributed by atoms with Crippen molar-refractivity contribution in [2.75, 3.05) is 31.0 Å². The topological polar surface area (TPSA) is 50.8 Å². The Hall–Kier alpha value is -3.47. The van der Waals surface area contributed by atoms with E-state index < -0.39 is 0 Å². The third-order valence-electron chi connectivity index (χ3n) is 5.21. The molecule has 3 aromatic carbocycles. The van der Waals surface area contributed by atoms with Crippen molar-refractivity contribution < 1.29 is 14.3 Å². The van der Waals surface area contributed by atoms with Gasteiger partial charge in [-0.1, -0.05) is 30.3 Å². The van der Waals surface area contributed by atoms with Crippen LogP contribution < -0.4 is 19.7 Å². The third-order valence-corrected chi connectivity index (χ3v) is 5.21. The minimum absolute atomic E-state index is 0.157. The van der Waals surface area contributed by atoms with Gasteiger partial charge >= 0.3 is 0 Å². The van der Waals surface area contributed by atoms with Crippen molar-refractivity contribution >= 4 is 17.3 Å². The van der Waals surface area contributed by atoms with Gasteiger partial charge in [0.2, 0.25) is 0 Å². The smallest absolute Gasteiger partial charge is 0.255 e. The molecule has 1 aliphatic heterocycles. The van der Waals surface area contributed by atoms with Gasteiger partial charge < -0.3 is 19.7 Å². The van der Waals surface area contributed by atoms with Gasteiger partial charge in [0.15, 0.2) is 11.5 Å². The fourth-order valence-corrected chi connectivity index (χ4v) is 3.67. The first-order chi connectivity index (χ1) is 14.2. The number of methoxy groups -OCH3 is 2. The highest BCUT2D eigenvalue weighted by atomic mass is 16.5. The van der Waals surface area contributed by atoms with Crippen LogP contribution in [0.25, 0.3) is 0 Å². The molecular weight excluding hydrogens is 364 g/mol. The molecule has 1 N–H and O–H groups in total. The van der Waals surface area contributed by atoms with E-state index in [1.54, 1.807) is 32.4 Å². The molecule has 0 spiro atoms. The average Bonchev–Trinajstić information content (AvgIpc) is 3.17. The molecule has 0 saturated heterocycles. The van der Waals surface area contributed by atoms with Crippen molar-refractivity contribution in [2.45, 2.75) is 13.0 Å². The number of hydrogen-bond acceptors (Lipinski definition) is 4. The van der Waals surface area contributed by atoms with Crippen LogP contribution in [-0.4, -0.2) is 26.7 Å². The highest BCUT2D eigenvalue weighted by molar-refractivity contribution is 6.04. The summed E-state index contributed by atoms with van der Waals surface area (Å²) in [4.78, 5) is 15.0.